The van der Waals surface area contributed by atoms with Gasteiger partial charge in [0.25, 0.3) is 0 Å². The Labute approximate surface area is 106 Å². The molecular formula is C12H14ClN3O. The number of rotatable bonds is 3. The van der Waals surface area contributed by atoms with Gasteiger partial charge in [0.05, 0.1) is 22.8 Å². The van der Waals surface area contributed by atoms with Crippen LogP contribution in [0.3, 0.4) is 0 Å². The van der Waals surface area contributed by atoms with Crippen molar-refractivity contribution in [2.75, 3.05) is 32.6 Å². The van der Waals surface area contributed by atoms with Crippen LogP contribution in [0.2, 0.25) is 5.02 Å². The third-order valence-electron chi connectivity index (χ3n) is 2.39. The van der Waals surface area contributed by atoms with Crippen LogP contribution >= 0.6 is 11.6 Å². The Kier molecular flexibility index (Phi) is 4.36. The van der Waals surface area contributed by atoms with Crippen LogP contribution in [0.25, 0.3) is 0 Å². The second-order valence-corrected chi connectivity index (χ2v) is 4.30. The van der Waals surface area contributed by atoms with Crippen molar-refractivity contribution in [3.05, 3.63) is 28.8 Å². The zero-order valence-electron chi connectivity index (χ0n) is 10.1. The number of hydrogen-bond acceptors (Lipinski definition) is 3. The van der Waals surface area contributed by atoms with Gasteiger partial charge in [-0.05, 0) is 12.1 Å². The molecule has 0 saturated heterocycles. The molecule has 0 aliphatic rings. The second-order valence-electron chi connectivity index (χ2n) is 3.89. The van der Waals surface area contributed by atoms with E-state index in [4.69, 9.17) is 16.9 Å². The molecular weight excluding hydrogens is 238 g/mol. The number of hydrogen-bond donors (Lipinski definition) is 0. The standard InChI is InChI=1S/C12H14ClN3O/c1-15(2)12(17)8-16(3)11-6-4-5-10(13)9(11)7-14/h4-6H,8H2,1-3H3. The lowest BCUT2D eigenvalue weighted by Gasteiger charge is -2.22. The average Bonchev–Trinajstić information content (AvgIpc) is 2.28. The highest BCUT2D eigenvalue weighted by Gasteiger charge is 2.14. The normalized spacial score (nSPS) is 9.59. The molecule has 0 spiro atoms. The summed E-state index contributed by atoms with van der Waals surface area (Å²) in [7, 11) is 5.15. The Morgan fingerprint density at radius 2 is 2.06 bits per heavy atom. The molecule has 0 saturated carbocycles. The van der Waals surface area contributed by atoms with Crippen LogP contribution in [0, 0.1) is 11.3 Å². The Bertz CT molecular complexity index is 465. The largest absolute Gasteiger partial charge is 0.364 e. The number of anilines is 1. The van der Waals surface area contributed by atoms with E-state index in [1.165, 1.54) is 4.90 Å². The molecule has 0 fully saturated rings. The number of nitriles is 1. The fraction of sp³-hybridized carbons (Fsp3) is 0.333. The summed E-state index contributed by atoms with van der Waals surface area (Å²) in [5, 5.41) is 9.43. The number of amides is 1. The summed E-state index contributed by atoms with van der Waals surface area (Å²) in [6, 6.07) is 7.24. The van der Waals surface area contributed by atoms with Gasteiger partial charge in [0.2, 0.25) is 5.91 Å². The van der Waals surface area contributed by atoms with E-state index in [0.29, 0.717) is 16.3 Å². The predicted octanol–water partition coefficient (Wildman–Crippen LogP) is 1.74. The Morgan fingerprint density at radius 1 is 1.41 bits per heavy atom. The number of carbonyl (C=O) groups excluding carboxylic acids is 1. The van der Waals surface area contributed by atoms with E-state index in [1.807, 2.05) is 6.07 Å². The Hall–Kier alpha value is -1.73. The number of nitrogens with zero attached hydrogens (tertiary/aromatic N) is 3. The summed E-state index contributed by atoms with van der Waals surface area (Å²) in [6.07, 6.45) is 0. The zero-order chi connectivity index (χ0) is 13.0. The number of carbonyl (C=O) groups is 1. The van der Waals surface area contributed by atoms with Gasteiger partial charge >= 0.3 is 0 Å². The van der Waals surface area contributed by atoms with E-state index < -0.39 is 0 Å². The van der Waals surface area contributed by atoms with Gasteiger partial charge in [-0.25, -0.2) is 0 Å². The molecule has 17 heavy (non-hydrogen) atoms. The molecule has 1 rings (SSSR count). The van der Waals surface area contributed by atoms with E-state index in [0.717, 1.165) is 0 Å². The van der Waals surface area contributed by atoms with Crippen molar-refractivity contribution in [2.45, 2.75) is 0 Å². The van der Waals surface area contributed by atoms with Crippen LogP contribution in [0.5, 0.6) is 0 Å². The fourth-order valence-corrected chi connectivity index (χ4v) is 1.58. The average molecular weight is 252 g/mol. The quantitative estimate of drug-likeness (QED) is 0.822. The summed E-state index contributed by atoms with van der Waals surface area (Å²) in [4.78, 5) is 14.8. The van der Waals surface area contributed by atoms with E-state index in [-0.39, 0.29) is 12.5 Å². The van der Waals surface area contributed by atoms with Gasteiger partial charge in [-0.15, -0.1) is 0 Å². The maximum absolute atomic E-state index is 11.6. The molecule has 1 aromatic carbocycles. The first kappa shape index (κ1) is 13.3. The van der Waals surface area contributed by atoms with Crippen LogP contribution in [-0.2, 0) is 4.79 Å². The SMILES string of the molecule is CN(C)C(=O)CN(C)c1cccc(Cl)c1C#N. The lowest BCUT2D eigenvalue weighted by molar-refractivity contribution is -0.127. The predicted molar refractivity (Wildman–Crippen MR) is 68.1 cm³/mol. The summed E-state index contributed by atoms with van der Waals surface area (Å²) in [6.45, 7) is 0.210. The molecule has 0 N–H and O–H groups in total. The molecule has 1 aromatic rings. The molecule has 0 heterocycles. The van der Waals surface area contributed by atoms with Crippen molar-refractivity contribution >= 4 is 23.2 Å². The Morgan fingerprint density at radius 3 is 2.59 bits per heavy atom. The second kappa shape index (κ2) is 5.55. The van der Waals surface area contributed by atoms with Crippen LogP contribution in [-0.4, -0.2) is 38.5 Å². The summed E-state index contributed by atoms with van der Waals surface area (Å²) >= 11 is 5.93. The van der Waals surface area contributed by atoms with E-state index in [1.54, 1.807) is 44.2 Å². The highest BCUT2D eigenvalue weighted by molar-refractivity contribution is 6.32. The van der Waals surface area contributed by atoms with Gasteiger partial charge in [-0.1, -0.05) is 17.7 Å². The van der Waals surface area contributed by atoms with Gasteiger partial charge in [-0.2, -0.15) is 5.26 Å². The third kappa shape index (κ3) is 3.11. The van der Waals surface area contributed by atoms with Crippen molar-refractivity contribution in [1.82, 2.24) is 4.90 Å². The Balaban J connectivity index is 2.98. The van der Waals surface area contributed by atoms with Gasteiger partial charge in [0.15, 0.2) is 0 Å². The first-order chi connectivity index (χ1) is 7.97. The third-order valence-corrected chi connectivity index (χ3v) is 2.70. The first-order valence-electron chi connectivity index (χ1n) is 5.07. The van der Waals surface area contributed by atoms with Crippen LogP contribution < -0.4 is 4.90 Å². The minimum Gasteiger partial charge on any atom is -0.364 e. The monoisotopic (exact) mass is 251 g/mol. The molecule has 0 radical (unpaired) electrons. The molecule has 4 nitrogen and oxygen atoms in total. The van der Waals surface area contributed by atoms with E-state index in [2.05, 4.69) is 0 Å². The van der Waals surface area contributed by atoms with Gasteiger partial charge in [-0.3, -0.25) is 4.79 Å². The van der Waals surface area contributed by atoms with Crippen LogP contribution in [0.4, 0.5) is 5.69 Å². The van der Waals surface area contributed by atoms with Crippen molar-refractivity contribution < 1.29 is 4.79 Å². The number of likely N-dealkylation sites (N-methyl/N-ethyl adjacent to an activating group) is 2. The van der Waals surface area contributed by atoms with Gasteiger partial charge in [0, 0.05) is 21.1 Å². The molecule has 1 amide bonds. The maximum Gasteiger partial charge on any atom is 0.241 e. The van der Waals surface area contributed by atoms with Crippen LogP contribution in [0.15, 0.2) is 18.2 Å². The topological polar surface area (TPSA) is 47.3 Å². The molecule has 0 aromatic heterocycles. The van der Waals surface area contributed by atoms with E-state index >= 15 is 0 Å². The first-order valence-corrected chi connectivity index (χ1v) is 5.45. The summed E-state index contributed by atoms with van der Waals surface area (Å²) < 4.78 is 0. The van der Waals surface area contributed by atoms with Crippen molar-refractivity contribution in [1.29, 1.82) is 5.26 Å². The number of benzene rings is 1. The molecule has 0 unspecified atom stereocenters. The van der Waals surface area contributed by atoms with E-state index in [9.17, 15) is 4.79 Å². The lowest BCUT2D eigenvalue weighted by Crippen LogP contribution is -2.34. The smallest absolute Gasteiger partial charge is 0.241 e. The molecule has 0 aliphatic heterocycles. The lowest BCUT2D eigenvalue weighted by atomic mass is 10.2. The summed E-state index contributed by atoms with van der Waals surface area (Å²) in [5.74, 6) is -0.0311. The molecule has 0 bridgehead atoms. The van der Waals surface area contributed by atoms with Crippen molar-refractivity contribution in [3.63, 3.8) is 0 Å². The highest BCUT2D eigenvalue weighted by Crippen LogP contribution is 2.25. The highest BCUT2D eigenvalue weighted by atomic mass is 35.5. The van der Waals surface area contributed by atoms with Gasteiger partial charge < -0.3 is 9.80 Å². The maximum atomic E-state index is 11.6. The number of halogens is 1. The zero-order valence-corrected chi connectivity index (χ0v) is 10.8. The molecule has 0 aliphatic carbocycles. The van der Waals surface area contributed by atoms with Crippen molar-refractivity contribution in [2.24, 2.45) is 0 Å². The van der Waals surface area contributed by atoms with Crippen LogP contribution in [0.1, 0.15) is 5.56 Å². The molecule has 0 atom stereocenters. The molecule has 5 heteroatoms. The van der Waals surface area contributed by atoms with Gasteiger partial charge in [0.1, 0.15) is 6.07 Å². The van der Waals surface area contributed by atoms with Crippen molar-refractivity contribution in [3.8, 4) is 6.07 Å². The summed E-state index contributed by atoms with van der Waals surface area (Å²) in [5.41, 5.74) is 1.05. The minimum absolute atomic E-state index is 0.0311. The molecule has 90 valence electrons. The minimum atomic E-state index is -0.0311. The fourth-order valence-electron chi connectivity index (χ4n) is 1.37.